The molecule has 1 aromatic carbocycles. The molecular formula is C14H24N2O2. The van der Waals surface area contributed by atoms with Crippen molar-refractivity contribution in [1.29, 1.82) is 0 Å². The molecule has 4 heteroatoms. The number of nitrogen functional groups attached to an aromatic ring is 1. The van der Waals surface area contributed by atoms with Gasteiger partial charge in [-0.15, -0.1) is 0 Å². The van der Waals surface area contributed by atoms with Crippen LogP contribution in [0.2, 0.25) is 0 Å². The van der Waals surface area contributed by atoms with E-state index in [2.05, 4.69) is 12.2 Å². The lowest BCUT2D eigenvalue weighted by Gasteiger charge is -2.28. The highest BCUT2D eigenvalue weighted by Gasteiger charge is 2.18. The third-order valence-corrected chi connectivity index (χ3v) is 2.74. The van der Waals surface area contributed by atoms with E-state index in [0.29, 0.717) is 24.5 Å². The Morgan fingerprint density at radius 3 is 2.72 bits per heavy atom. The number of aliphatic hydroxyl groups excluding tert-OH is 1. The minimum absolute atomic E-state index is 0.145. The zero-order valence-electron chi connectivity index (χ0n) is 11.5. The SMILES string of the molecule is CCCOc1cccc(NC(C)(C)CCO)c1N. The maximum Gasteiger partial charge on any atom is 0.144 e. The van der Waals surface area contributed by atoms with Crippen molar-refractivity contribution in [3.05, 3.63) is 18.2 Å². The Morgan fingerprint density at radius 1 is 1.39 bits per heavy atom. The van der Waals surface area contributed by atoms with E-state index in [4.69, 9.17) is 15.6 Å². The maximum atomic E-state index is 9.02. The Labute approximate surface area is 109 Å². The summed E-state index contributed by atoms with van der Waals surface area (Å²) >= 11 is 0. The fourth-order valence-electron chi connectivity index (χ4n) is 1.70. The van der Waals surface area contributed by atoms with Gasteiger partial charge in [-0.05, 0) is 38.8 Å². The van der Waals surface area contributed by atoms with Crippen LogP contribution in [0.4, 0.5) is 11.4 Å². The van der Waals surface area contributed by atoms with E-state index in [0.717, 1.165) is 12.1 Å². The number of rotatable bonds is 7. The van der Waals surface area contributed by atoms with E-state index < -0.39 is 0 Å². The third kappa shape index (κ3) is 4.11. The number of hydrogen-bond donors (Lipinski definition) is 3. The monoisotopic (exact) mass is 252 g/mol. The average Bonchev–Trinajstić information content (AvgIpc) is 2.30. The van der Waals surface area contributed by atoms with Crippen molar-refractivity contribution in [2.45, 2.75) is 39.2 Å². The minimum atomic E-state index is -0.202. The van der Waals surface area contributed by atoms with E-state index in [1.807, 2.05) is 32.0 Å². The van der Waals surface area contributed by atoms with Gasteiger partial charge < -0.3 is 20.9 Å². The molecule has 1 rings (SSSR count). The fourth-order valence-corrected chi connectivity index (χ4v) is 1.70. The van der Waals surface area contributed by atoms with E-state index >= 15 is 0 Å². The molecule has 4 N–H and O–H groups in total. The number of anilines is 2. The van der Waals surface area contributed by atoms with Crippen LogP contribution in [0.15, 0.2) is 18.2 Å². The van der Waals surface area contributed by atoms with Crippen LogP contribution in [-0.2, 0) is 0 Å². The second-order valence-corrected chi connectivity index (χ2v) is 5.05. The van der Waals surface area contributed by atoms with Crippen LogP contribution in [0.1, 0.15) is 33.6 Å². The molecule has 0 atom stereocenters. The molecule has 0 heterocycles. The zero-order chi connectivity index (χ0) is 13.6. The number of hydrogen-bond acceptors (Lipinski definition) is 4. The average molecular weight is 252 g/mol. The van der Waals surface area contributed by atoms with Gasteiger partial charge in [0.1, 0.15) is 5.75 Å². The molecule has 1 aromatic rings. The number of para-hydroxylation sites is 1. The molecule has 0 aliphatic heterocycles. The lowest BCUT2D eigenvalue weighted by Crippen LogP contribution is -2.32. The summed E-state index contributed by atoms with van der Waals surface area (Å²) in [4.78, 5) is 0. The molecule has 0 saturated heterocycles. The largest absolute Gasteiger partial charge is 0.491 e. The molecule has 0 fully saturated rings. The maximum absolute atomic E-state index is 9.02. The quantitative estimate of drug-likeness (QED) is 0.653. The van der Waals surface area contributed by atoms with Gasteiger partial charge in [-0.3, -0.25) is 0 Å². The van der Waals surface area contributed by atoms with E-state index in [1.165, 1.54) is 0 Å². The van der Waals surface area contributed by atoms with Gasteiger partial charge in [0.15, 0.2) is 0 Å². The molecule has 0 amide bonds. The minimum Gasteiger partial charge on any atom is -0.491 e. The standard InChI is InChI=1S/C14H24N2O2/c1-4-10-18-12-7-5-6-11(13(12)15)16-14(2,3)8-9-17/h5-7,16-17H,4,8-10,15H2,1-3H3. The first-order valence-electron chi connectivity index (χ1n) is 6.40. The van der Waals surface area contributed by atoms with Crippen LogP contribution in [0.5, 0.6) is 5.75 Å². The zero-order valence-corrected chi connectivity index (χ0v) is 11.5. The number of nitrogens with one attached hydrogen (secondary N) is 1. The Bertz CT molecular complexity index is 378. The first kappa shape index (κ1) is 14.6. The van der Waals surface area contributed by atoms with Crippen LogP contribution in [0, 0.1) is 0 Å². The second-order valence-electron chi connectivity index (χ2n) is 5.05. The van der Waals surface area contributed by atoms with Crippen LogP contribution in [0.25, 0.3) is 0 Å². The lowest BCUT2D eigenvalue weighted by atomic mass is 10.0. The van der Waals surface area contributed by atoms with Gasteiger partial charge in [0.25, 0.3) is 0 Å². The number of benzene rings is 1. The Kier molecular flexibility index (Phi) is 5.28. The van der Waals surface area contributed by atoms with Crippen molar-refractivity contribution in [3.8, 4) is 5.75 Å². The van der Waals surface area contributed by atoms with E-state index in [9.17, 15) is 0 Å². The van der Waals surface area contributed by atoms with Crippen LogP contribution >= 0.6 is 0 Å². The molecule has 0 spiro atoms. The molecule has 0 aliphatic carbocycles. The van der Waals surface area contributed by atoms with Gasteiger partial charge in [-0.2, -0.15) is 0 Å². The molecule has 4 nitrogen and oxygen atoms in total. The predicted octanol–water partition coefficient (Wildman–Crippen LogP) is 2.63. The Balaban J connectivity index is 2.83. The molecule has 0 aromatic heterocycles. The predicted molar refractivity (Wildman–Crippen MR) is 76.0 cm³/mol. The fraction of sp³-hybridized carbons (Fsp3) is 0.571. The molecule has 0 unspecified atom stereocenters. The summed E-state index contributed by atoms with van der Waals surface area (Å²) in [6.07, 6.45) is 1.61. The first-order chi connectivity index (χ1) is 8.50. The summed E-state index contributed by atoms with van der Waals surface area (Å²) < 4.78 is 5.59. The van der Waals surface area contributed by atoms with Gasteiger partial charge in [0.05, 0.1) is 18.0 Å². The molecule has 0 radical (unpaired) electrons. The van der Waals surface area contributed by atoms with Gasteiger partial charge in [0.2, 0.25) is 0 Å². The first-order valence-corrected chi connectivity index (χ1v) is 6.40. The summed E-state index contributed by atoms with van der Waals surface area (Å²) in [5.41, 5.74) is 7.35. The second kappa shape index (κ2) is 6.50. The highest BCUT2D eigenvalue weighted by Crippen LogP contribution is 2.31. The van der Waals surface area contributed by atoms with Crippen molar-refractivity contribution >= 4 is 11.4 Å². The van der Waals surface area contributed by atoms with E-state index in [-0.39, 0.29) is 12.1 Å². The van der Waals surface area contributed by atoms with Crippen molar-refractivity contribution in [2.75, 3.05) is 24.3 Å². The van der Waals surface area contributed by atoms with Crippen molar-refractivity contribution in [3.63, 3.8) is 0 Å². The van der Waals surface area contributed by atoms with Crippen LogP contribution in [0.3, 0.4) is 0 Å². The highest BCUT2D eigenvalue weighted by atomic mass is 16.5. The molecule has 0 saturated carbocycles. The van der Waals surface area contributed by atoms with Crippen molar-refractivity contribution in [1.82, 2.24) is 0 Å². The normalized spacial score (nSPS) is 11.3. The molecule has 0 bridgehead atoms. The smallest absolute Gasteiger partial charge is 0.144 e. The van der Waals surface area contributed by atoms with Gasteiger partial charge >= 0.3 is 0 Å². The van der Waals surface area contributed by atoms with Gasteiger partial charge in [0, 0.05) is 12.1 Å². The Morgan fingerprint density at radius 2 is 2.11 bits per heavy atom. The highest BCUT2D eigenvalue weighted by molar-refractivity contribution is 5.73. The summed E-state index contributed by atoms with van der Waals surface area (Å²) in [5, 5.41) is 12.4. The van der Waals surface area contributed by atoms with Crippen molar-refractivity contribution in [2.24, 2.45) is 0 Å². The molecule has 0 aliphatic rings. The van der Waals surface area contributed by atoms with Crippen LogP contribution in [-0.4, -0.2) is 23.9 Å². The number of ether oxygens (including phenoxy) is 1. The summed E-state index contributed by atoms with van der Waals surface area (Å²) in [5.74, 6) is 0.710. The van der Waals surface area contributed by atoms with Crippen molar-refractivity contribution < 1.29 is 9.84 Å². The molecule has 102 valence electrons. The molecule has 18 heavy (non-hydrogen) atoms. The Hall–Kier alpha value is -1.42. The summed E-state index contributed by atoms with van der Waals surface area (Å²) in [7, 11) is 0. The van der Waals surface area contributed by atoms with Gasteiger partial charge in [-0.25, -0.2) is 0 Å². The van der Waals surface area contributed by atoms with E-state index in [1.54, 1.807) is 0 Å². The summed E-state index contributed by atoms with van der Waals surface area (Å²) in [6, 6.07) is 5.71. The third-order valence-electron chi connectivity index (χ3n) is 2.74. The lowest BCUT2D eigenvalue weighted by molar-refractivity contribution is 0.261. The van der Waals surface area contributed by atoms with Crippen LogP contribution < -0.4 is 15.8 Å². The topological polar surface area (TPSA) is 67.5 Å². The number of aliphatic hydroxyl groups is 1. The van der Waals surface area contributed by atoms with Gasteiger partial charge in [-0.1, -0.05) is 13.0 Å². The number of nitrogens with two attached hydrogens (primary N) is 1. The molecular weight excluding hydrogens is 228 g/mol. The summed E-state index contributed by atoms with van der Waals surface area (Å²) in [6.45, 7) is 6.92.